The van der Waals surface area contributed by atoms with Crippen molar-refractivity contribution in [3.8, 4) is 6.07 Å². The van der Waals surface area contributed by atoms with Crippen LogP contribution in [0.2, 0.25) is 5.02 Å². The lowest BCUT2D eigenvalue weighted by Crippen LogP contribution is -2.16. The molecule has 0 aromatic heterocycles. The summed E-state index contributed by atoms with van der Waals surface area (Å²) in [5.74, 6) is -0.534. The van der Waals surface area contributed by atoms with Crippen molar-refractivity contribution in [1.82, 2.24) is 0 Å². The number of Topliss-reactive ketones (excluding diaryl/α,β-unsaturated/α-hetero) is 1. The molecule has 0 amide bonds. The number of benzene rings is 2. The molecule has 0 aliphatic heterocycles. The van der Waals surface area contributed by atoms with Gasteiger partial charge in [-0.3, -0.25) is 14.9 Å². The topological polar surface area (TPSA) is 109 Å². The summed E-state index contributed by atoms with van der Waals surface area (Å²) in [6, 6.07) is 12.3. The van der Waals surface area contributed by atoms with E-state index in [9.17, 15) is 14.9 Å². The lowest BCUT2D eigenvalue weighted by Gasteiger charge is -2.02. The number of carbonyl (C=O) groups is 1. The highest BCUT2D eigenvalue weighted by atomic mass is 35.5. The van der Waals surface area contributed by atoms with Gasteiger partial charge in [-0.25, -0.2) is 0 Å². The van der Waals surface area contributed by atoms with Gasteiger partial charge in [-0.1, -0.05) is 41.9 Å². The third kappa shape index (κ3) is 3.96. The smallest absolute Gasteiger partial charge is 0.290 e. The molecule has 0 spiro atoms. The van der Waals surface area contributed by atoms with E-state index in [0.717, 1.165) is 6.07 Å². The molecule has 2 aromatic rings. The fourth-order valence-electron chi connectivity index (χ4n) is 1.74. The monoisotopic (exact) mass is 328 g/mol. The van der Waals surface area contributed by atoms with Gasteiger partial charge in [0, 0.05) is 16.7 Å². The van der Waals surface area contributed by atoms with Crippen LogP contribution in [0.15, 0.2) is 58.8 Å². The van der Waals surface area contributed by atoms with Crippen molar-refractivity contribution in [2.45, 2.75) is 6.04 Å². The van der Waals surface area contributed by atoms with Crippen LogP contribution in [0.5, 0.6) is 0 Å². The summed E-state index contributed by atoms with van der Waals surface area (Å²) in [6.45, 7) is 0. The molecule has 0 aliphatic carbocycles. The molecule has 8 heteroatoms. The summed E-state index contributed by atoms with van der Waals surface area (Å²) in [6.07, 6.45) is 0. The van der Waals surface area contributed by atoms with Crippen LogP contribution in [-0.2, 0) is 0 Å². The summed E-state index contributed by atoms with van der Waals surface area (Å²) >= 11 is 5.70. The maximum Gasteiger partial charge on any atom is 0.298 e. The van der Waals surface area contributed by atoms with Crippen LogP contribution in [0, 0.1) is 21.4 Å². The van der Waals surface area contributed by atoms with E-state index in [4.69, 9.17) is 16.9 Å². The standard InChI is InChI=1S/C15H9ClN4O3/c16-11-6-7-12(14(8-11)20(22)23)18-19-13(9-17)15(21)10-4-2-1-3-5-10/h1-8,13H. The van der Waals surface area contributed by atoms with Crippen molar-refractivity contribution in [2.75, 3.05) is 0 Å². The van der Waals surface area contributed by atoms with Crippen molar-refractivity contribution in [3.05, 3.63) is 69.2 Å². The van der Waals surface area contributed by atoms with E-state index in [1.807, 2.05) is 0 Å². The highest BCUT2D eigenvalue weighted by Crippen LogP contribution is 2.30. The number of nitrogens with zero attached hydrogens (tertiary/aromatic N) is 4. The minimum absolute atomic E-state index is 0.0829. The number of hydrogen-bond acceptors (Lipinski definition) is 6. The molecule has 23 heavy (non-hydrogen) atoms. The Labute approximate surface area is 136 Å². The quantitative estimate of drug-likeness (QED) is 0.356. The third-order valence-corrected chi connectivity index (χ3v) is 3.08. The number of azo groups is 1. The van der Waals surface area contributed by atoms with E-state index in [2.05, 4.69) is 10.2 Å². The Kier molecular flexibility index (Phi) is 5.12. The van der Waals surface area contributed by atoms with Crippen LogP contribution in [0.3, 0.4) is 0 Å². The summed E-state index contributed by atoms with van der Waals surface area (Å²) in [5, 5.41) is 27.5. The van der Waals surface area contributed by atoms with Gasteiger partial charge in [0.1, 0.15) is 0 Å². The average Bonchev–Trinajstić information content (AvgIpc) is 2.56. The van der Waals surface area contributed by atoms with Gasteiger partial charge in [0.15, 0.2) is 5.69 Å². The van der Waals surface area contributed by atoms with Crippen LogP contribution in [-0.4, -0.2) is 16.7 Å². The predicted octanol–water partition coefficient (Wildman–Crippen LogP) is 4.11. The minimum atomic E-state index is -1.38. The Morgan fingerprint density at radius 1 is 1.26 bits per heavy atom. The molecule has 1 unspecified atom stereocenters. The normalized spacial score (nSPS) is 11.8. The Hall–Kier alpha value is -3.11. The number of nitro groups is 1. The Bertz CT molecular complexity index is 815. The molecular formula is C15H9ClN4O3. The summed E-state index contributed by atoms with van der Waals surface area (Å²) in [5.41, 5.74) is -0.130. The molecular weight excluding hydrogens is 320 g/mol. The second kappa shape index (κ2) is 7.24. The number of halogens is 1. The van der Waals surface area contributed by atoms with Gasteiger partial charge in [-0.05, 0) is 12.1 Å². The zero-order valence-electron chi connectivity index (χ0n) is 11.6. The van der Waals surface area contributed by atoms with E-state index in [0.29, 0.717) is 5.56 Å². The fourth-order valence-corrected chi connectivity index (χ4v) is 1.91. The molecule has 7 nitrogen and oxygen atoms in total. The van der Waals surface area contributed by atoms with Gasteiger partial charge in [-0.2, -0.15) is 10.4 Å². The number of rotatable bonds is 5. The molecule has 0 heterocycles. The zero-order valence-corrected chi connectivity index (χ0v) is 12.3. The molecule has 0 bridgehead atoms. The molecule has 0 fully saturated rings. The summed E-state index contributed by atoms with van der Waals surface area (Å²) in [7, 11) is 0. The highest BCUT2D eigenvalue weighted by molar-refractivity contribution is 6.30. The maximum absolute atomic E-state index is 12.1. The van der Waals surface area contributed by atoms with Crippen molar-refractivity contribution < 1.29 is 9.72 Å². The van der Waals surface area contributed by atoms with Crippen LogP contribution in [0.1, 0.15) is 10.4 Å². The molecule has 0 saturated carbocycles. The lowest BCUT2D eigenvalue weighted by molar-refractivity contribution is -0.384. The number of hydrogen-bond donors (Lipinski definition) is 0. The molecule has 1 atom stereocenters. The molecule has 114 valence electrons. The largest absolute Gasteiger partial charge is 0.298 e. The van der Waals surface area contributed by atoms with Gasteiger partial charge in [-0.15, -0.1) is 5.11 Å². The van der Waals surface area contributed by atoms with Crippen molar-refractivity contribution in [2.24, 2.45) is 10.2 Å². The number of nitriles is 1. The Balaban J connectivity index is 2.30. The van der Waals surface area contributed by atoms with E-state index in [1.54, 1.807) is 36.4 Å². The minimum Gasteiger partial charge on any atom is -0.290 e. The predicted molar refractivity (Wildman–Crippen MR) is 82.8 cm³/mol. The summed E-state index contributed by atoms with van der Waals surface area (Å²) in [4.78, 5) is 22.4. The third-order valence-electron chi connectivity index (χ3n) is 2.84. The first-order valence-electron chi connectivity index (χ1n) is 6.36. The second-order valence-corrected chi connectivity index (χ2v) is 4.80. The molecule has 0 saturated heterocycles. The van der Waals surface area contributed by atoms with E-state index in [1.165, 1.54) is 12.1 Å². The van der Waals surface area contributed by atoms with Crippen LogP contribution < -0.4 is 0 Å². The molecule has 0 N–H and O–H groups in total. The van der Waals surface area contributed by atoms with Crippen LogP contribution >= 0.6 is 11.6 Å². The van der Waals surface area contributed by atoms with Crippen molar-refractivity contribution in [3.63, 3.8) is 0 Å². The summed E-state index contributed by atoms with van der Waals surface area (Å²) < 4.78 is 0. The highest BCUT2D eigenvalue weighted by Gasteiger charge is 2.20. The van der Waals surface area contributed by atoms with Crippen molar-refractivity contribution in [1.29, 1.82) is 5.26 Å². The van der Waals surface area contributed by atoms with Gasteiger partial charge >= 0.3 is 0 Å². The maximum atomic E-state index is 12.1. The number of nitro benzene ring substituents is 1. The molecule has 0 aliphatic rings. The van der Waals surface area contributed by atoms with Gasteiger partial charge in [0.2, 0.25) is 11.8 Å². The molecule has 0 radical (unpaired) electrons. The second-order valence-electron chi connectivity index (χ2n) is 4.37. The molecule has 2 rings (SSSR count). The average molecular weight is 329 g/mol. The van der Waals surface area contributed by atoms with Gasteiger partial charge < -0.3 is 0 Å². The van der Waals surface area contributed by atoms with E-state index >= 15 is 0 Å². The van der Waals surface area contributed by atoms with Gasteiger partial charge in [0.05, 0.1) is 11.0 Å². The SMILES string of the molecule is N#CC(N=Nc1ccc(Cl)cc1[N+](=O)[O-])C(=O)c1ccccc1. The first-order chi connectivity index (χ1) is 11.0. The number of ketones is 1. The van der Waals surface area contributed by atoms with Crippen LogP contribution in [0.4, 0.5) is 11.4 Å². The van der Waals surface area contributed by atoms with Gasteiger partial charge in [0.25, 0.3) is 5.69 Å². The number of carbonyl (C=O) groups excluding carboxylic acids is 1. The van der Waals surface area contributed by atoms with Crippen LogP contribution in [0.25, 0.3) is 0 Å². The molecule has 2 aromatic carbocycles. The van der Waals surface area contributed by atoms with Crippen molar-refractivity contribution >= 4 is 28.8 Å². The van der Waals surface area contributed by atoms with E-state index < -0.39 is 16.7 Å². The van der Waals surface area contributed by atoms with E-state index in [-0.39, 0.29) is 16.4 Å². The zero-order chi connectivity index (χ0) is 16.8. The first kappa shape index (κ1) is 16.3. The first-order valence-corrected chi connectivity index (χ1v) is 6.74. The lowest BCUT2D eigenvalue weighted by atomic mass is 10.1. The Morgan fingerprint density at radius 2 is 1.96 bits per heavy atom. The fraction of sp³-hybridized carbons (Fsp3) is 0.0667. The Morgan fingerprint density at radius 3 is 2.57 bits per heavy atom.